The molecule has 2 heterocycles. The van der Waals surface area contributed by atoms with Gasteiger partial charge in [0.15, 0.2) is 0 Å². The summed E-state index contributed by atoms with van der Waals surface area (Å²) in [5.41, 5.74) is 23.2. The maximum Gasteiger partial charge on any atom is 0.0640 e. The standard InChI is InChI=1S/C100H64N2S2/c1-3-23-65(24-4-1)73-27-19-28-74(63-73)71-57-61-78(62-58-71)102(92-44-22-42-90-84-36-16-18-46-94(84)104-100(90)92)98-88-40-14-10-34-82(88)80-32-8-12-38-86(80)96(98)76-30-20-29-75(64-76)70-53-51-67(52-54-70)66-47-49-68(50-48-66)69-55-59-77(60-56-69)101(91-43-21-41-89-83-35-15-17-45-93(83)103-99(89)91)97-87-39-13-9-33-81(87)79-31-7-11-37-85(79)95(97)72-25-5-2-6-26-72/h1-64H. The van der Waals surface area contributed by atoms with Gasteiger partial charge in [-0.2, -0.15) is 0 Å². The van der Waals surface area contributed by atoms with Crippen LogP contribution in [0.2, 0.25) is 0 Å². The molecule has 0 fully saturated rings. The zero-order valence-electron chi connectivity index (χ0n) is 56.7. The lowest BCUT2D eigenvalue weighted by Crippen LogP contribution is -2.12. The maximum atomic E-state index is 2.56. The number of hydrogen-bond acceptors (Lipinski definition) is 4. The molecule has 2 aromatic heterocycles. The molecule has 0 atom stereocenters. The minimum atomic E-state index is 1.08. The van der Waals surface area contributed by atoms with Crippen LogP contribution in [0.25, 0.3) is 161 Å². The first kappa shape index (κ1) is 61.0. The van der Waals surface area contributed by atoms with Crippen molar-refractivity contribution in [3.05, 3.63) is 388 Å². The zero-order chi connectivity index (χ0) is 68.6. The summed E-state index contributed by atoms with van der Waals surface area (Å²) in [5, 5.41) is 14.8. The Hall–Kier alpha value is -13.0. The normalized spacial score (nSPS) is 11.7. The fourth-order valence-corrected chi connectivity index (χ4v) is 18.6. The SMILES string of the molecule is c1ccc(-c2cccc(-c3ccc(N(c4c(-c5cccc(-c6ccc(-c7ccc(-c8ccc(N(c9c(-c%10ccccc%10)c%10ccccc%10c%10ccccc9%10)c9cccc%10c9sc9ccccc9%10)cc8)cc7)cc6)c5)c5ccccc5c5ccccc45)c4cccc5c4sc4ccccc45)cc3)c2)cc1. The number of rotatable bonds is 13. The lowest BCUT2D eigenvalue weighted by atomic mass is 9.88. The van der Waals surface area contributed by atoms with E-state index in [9.17, 15) is 0 Å². The predicted molar refractivity (Wildman–Crippen MR) is 450 cm³/mol. The molecule has 2 nitrogen and oxygen atoms in total. The topological polar surface area (TPSA) is 6.48 Å². The van der Waals surface area contributed by atoms with Crippen LogP contribution >= 0.6 is 22.7 Å². The predicted octanol–water partition coefficient (Wildman–Crippen LogP) is 29.6. The third kappa shape index (κ3) is 10.4. The zero-order valence-corrected chi connectivity index (χ0v) is 58.3. The van der Waals surface area contributed by atoms with E-state index in [4.69, 9.17) is 0 Å². The Kier molecular flexibility index (Phi) is 15.0. The minimum absolute atomic E-state index is 1.08. The van der Waals surface area contributed by atoms with Gasteiger partial charge in [-0.3, -0.25) is 0 Å². The second-order valence-electron chi connectivity index (χ2n) is 26.9. The highest BCUT2D eigenvalue weighted by Gasteiger charge is 2.29. The molecule has 0 unspecified atom stereocenters. The monoisotopic (exact) mass is 1360 g/mol. The molecule has 0 radical (unpaired) electrons. The molecule has 104 heavy (non-hydrogen) atoms. The van der Waals surface area contributed by atoms with Crippen molar-refractivity contribution in [1.29, 1.82) is 0 Å². The maximum absolute atomic E-state index is 2.56. The van der Waals surface area contributed by atoms with Crippen molar-refractivity contribution in [1.82, 2.24) is 0 Å². The van der Waals surface area contributed by atoms with Crippen LogP contribution in [0, 0.1) is 0 Å². The minimum Gasteiger partial charge on any atom is -0.308 e. The Morgan fingerprint density at radius 1 is 0.163 bits per heavy atom. The van der Waals surface area contributed by atoms with Gasteiger partial charge in [0.1, 0.15) is 0 Å². The van der Waals surface area contributed by atoms with Gasteiger partial charge in [0.2, 0.25) is 0 Å². The fourth-order valence-electron chi connectivity index (χ4n) is 16.2. The van der Waals surface area contributed by atoms with Gasteiger partial charge < -0.3 is 9.80 Å². The second kappa shape index (κ2) is 25.6. The van der Waals surface area contributed by atoms with Crippen molar-refractivity contribution in [2.75, 3.05) is 9.80 Å². The number of benzene rings is 18. The molecule has 0 saturated heterocycles. The molecule has 20 aromatic rings. The largest absolute Gasteiger partial charge is 0.308 e. The number of nitrogens with zero attached hydrogens (tertiary/aromatic N) is 2. The molecule has 4 heteroatoms. The summed E-state index contributed by atoms with van der Waals surface area (Å²) in [6.45, 7) is 0. The summed E-state index contributed by atoms with van der Waals surface area (Å²) in [6.07, 6.45) is 0. The van der Waals surface area contributed by atoms with Crippen molar-refractivity contribution in [3.8, 4) is 77.9 Å². The van der Waals surface area contributed by atoms with Crippen LogP contribution in [-0.4, -0.2) is 0 Å². The van der Waals surface area contributed by atoms with E-state index in [0.717, 1.165) is 56.3 Å². The third-order valence-electron chi connectivity index (χ3n) is 21.0. The lowest BCUT2D eigenvalue weighted by molar-refractivity contribution is 1.32. The van der Waals surface area contributed by atoms with E-state index in [1.165, 1.54) is 139 Å². The molecule has 18 aromatic carbocycles. The van der Waals surface area contributed by atoms with E-state index in [1.54, 1.807) is 0 Å². The van der Waals surface area contributed by atoms with Gasteiger partial charge >= 0.3 is 0 Å². The first-order chi connectivity index (χ1) is 51.6. The number of anilines is 6. The van der Waals surface area contributed by atoms with Crippen LogP contribution in [-0.2, 0) is 0 Å². The van der Waals surface area contributed by atoms with E-state index in [0.29, 0.717) is 0 Å². The molecule has 0 spiro atoms. The molecular weight excluding hydrogens is 1290 g/mol. The summed E-state index contributed by atoms with van der Waals surface area (Å²) in [7, 11) is 0. The van der Waals surface area contributed by atoms with Crippen molar-refractivity contribution >= 4 is 140 Å². The van der Waals surface area contributed by atoms with Crippen LogP contribution in [0.5, 0.6) is 0 Å². The summed E-state index contributed by atoms with van der Waals surface area (Å²) in [4.78, 5) is 5.10. The summed E-state index contributed by atoms with van der Waals surface area (Å²) in [6, 6.07) is 144. The van der Waals surface area contributed by atoms with Gasteiger partial charge in [-0.15, -0.1) is 22.7 Å². The summed E-state index contributed by atoms with van der Waals surface area (Å²) < 4.78 is 5.06. The molecule has 0 N–H and O–H groups in total. The van der Waals surface area contributed by atoms with Crippen molar-refractivity contribution < 1.29 is 0 Å². The fraction of sp³-hybridized carbons (Fsp3) is 0. The van der Waals surface area contributed by atoms with Crippen LogP contribution in [0.1, 0.15) is 0 Å². The smallest absolute Gasteiger partial charge is 0.0640 e. The van der Waals surface area contributed by atoms with Crippen LogP contribution < -0.4 is 9.80 Å². The first-order valence-electron chi connectivity index (χ1n) is 35.6. The van der Waals surface area contributed by atoms with E-state index < -0.39 is 0 Å². The molecule has 0 bridgehead atoms. The van der Waals surface area contributed by atoms with Crippen LogP contribution in [0.15, 0.2) is 388 Å². The third-order valence-corrected chi connectivity index (χ3v) is 23.5. The van der Waals surface area contributed by atoms with Gasteiger partial charge in [0.25, 0.3) is 0 Å². The lowest BCUT2D eigenvalue weighted by Gasteiger charge is -2.31. The Balaban J connectivity index is 0.663. The van der Waals surface area contributed by atoms with Crippen molar-refractivity contribution in [2.24, 2.45) is 0 Å². The van der Waals surface area contributed by atoms with Gasteiger partial charge in [0.05, 0.1) is 32.1 Å². The Morgan fingerprint density at radius 2 is 0.423 bits per heavy atom. The molecule has 0 saturated carbocycles. The summed E-state index contributed by atoms with van der Waals surface area (Å²) >= 11 is 3.74. The highest BCUT2D eigenvalue weighted by Crippen LogP contribution is 2.55. The average molecular weight is 1360 g/mol. The van der Waals surface area contributed by atoms with E-state index in [-0.39, 0.29) is 0 Å². The molecule has 0 aliphatic heterocycles. The molecule has 0 aliphatic rings. The van der Waals surface area contributed by atoms with Gasteiger partial charge in [-0.05, 0) is 160 Å². The van der Waals surface area contributed by atoms with Crippen LogP contribution in [0.4, 0.5) is 34.1 Å². The molecular formula is C100H64N2S2. The Bertz CT molecular complexity index is 6690. The number of hydrogen-bond donors (Lipinski definition) is 0. The molecule has 20 rings (SSSR count). The Morgan fingerprint density at radius 3 is 0.837 bits per heavy atom. The number of thiophene rings is 2. The van der Waals surface area contributed by atoms with Crippen LogP contribution in [0.3, 0.4) is 0 Å². The highest BCUT2D eigenvalue weighted by atomic mass is 32.1. The van der Waals surface area contributed by atoms with Gasteiger partial charge in [-0.25, -0.2) is 0 Å². The first-order valence-corrected chi connectivity index (χ1v) is 37.2. The molecule has 0 amide bonds. The van der Waals surface area contributed by atoms with E-state index in [2.05, 4.69) is 398 Å². The average Bonchev–Trinajstić information content (AvgIpc) is 0.887. The molecule has 486 valence electrons. The summed E-state index contributed by atoms with van der Waals surface area (Å²) in [5.74, 6) is 0. The Labute approximate surface area is 611 Å². The van der Waals surface area contributed by atoms with E-state index >= 15 is 0 Å². The second-order valence-corrected chi connectivity index (χ2v) is 29.1. The van der Waals surface area contributed by atoms with Crippen molar-refractivity contribution in [2.45, 2.75) is 0 Å². The highest BCUT2D eigenvalue weighted by molar-refractivity contribution is 7.26. The van der Waals surface area contributed by atoms with Gasteiger partial charge in [0, 0.05) is 64.2 Å². The van der Waals surface area contributed by atoms with E-state index in [1.807, 2.05) is 22.7 Å². The quantitative estimate of drug-likeness (QED) is 0.106. The van der Waals surface area contributed by atoms with Crippen molar-refractivity contribution in [3.63, 3.8) is 0 Å². The number of fused-ring (bicyclic) bond motifs is 12. The van der Waals surface area contributed by atoms with Gasteiger partial charge in [-0.1, -0.05) is 328 Å². The molecule has 0 aliphatic carbocycles.